The summed E-state index contributed by atoms with van der Waals surface area (Å²) in [5, 5.41) is 0. The second-order valence-electron chi connectivity index (χ2n) is 3.84. The zero-order valence-corrected chi connectivity index (χ0v) is 9.87. The number of nitrogens with one attached hydrogen (secondary N) is 1. The Kier molecular flexibility index (Phi) is 2.95. The number of anilines is 2. The van der Waals surface area contributed by atoms with Crippen LogP contribution in [0.25, 0.3) is 0 Å². The average Bonchev–Trinajstić information content (AvgIpc) is 2.69. The summed E-state index contributed by atoms with van der Waals surface area (Å²) in [5.41, 5.74) is 0.394. The molecule has 16 heavy (non-hydrogen) atoms. The van der Waals surface area contributed by atoms with Gasteiger partial charge in [-0.05, 0) is 12.8 Å². The Hall–Kier alpha value is -1.37. The lowest BCUT2D eigenvalue weighted by Crippen LogP contribution is -2.20. The van der Waals surface area contributed by atoms with Crippen LogP contribution in [0.3, 0.4) is 0 Å². The van der Waals surface area contributed by atoms with Crippen molar-refractivity contribution in [2.24, 2.45) is 0 Å². The van der Waals surface area contributed by atoms with E-state index in [2.05, 4.69) is 19.6 Å². The van der Waals surface area contributed by atoms with Gasteiger partial charge in [0.1, 0.15) is 0 Å². The Labute approximate surface area is 94.8 Å². The Bertz CT molecular complexity index is 451. The maximum absolute atomic E-state index is 11.0. The third-order valence-corrected chi connectivity index (χ3v) is 2.94. The Balaban J connectivity index is 2.10. The second-order valence-corrected chi connectivity index (χ2v) is 5.59. The minimum absolute atomic E-state index is 0.394. The molecule has 0 bridgehead atoms. The predicted molar refractivity (Wildman–Crippen MR) is 61.9 cm³/mol. The van der Waals surface area contributed by atoms with Crippen LogP contribution in [-0.4, -0.2) is 37.7 Å². The highest BCUT2D eigenvalue weighted by atomic mass is 32.2. The Morgan fingerprint density at radius 2 is 1.81 bits per heavy atom. The number of rotatable bonds is 3. The third-order valence-electron chi connectivity index (χ3n) is 2.33. The number of sulfonamides is 1. The fraction of sp³-hybridized carbons (Fsp3) is 0.556. The highest BCUT2D eigenvalue weighted by Crippen LogP contribution is 2.16. The van der Waals surface area contributed by atoms with Crippen LogP contribution >= 0.6 is 0 Å². The van der Waals surface area contributed by atoms with E-state index in [1.54, 1.807) is 0 Å². The van der Waals surface area contributed by atoms with Crippen molar-refractivity contribution in [3.05, 3.63) is 12.4 Å². The largest absolute Gasteiger partial charge is 0.341 e. The van der Waals surface area contributed by atoms with Gasteiger partial charge < -0.3 is 4.90 Å². The van der Waals surface area contributed by atoms with Crippen LogP contribution in [0.4, 0.5) is 11.6 Å². The van der Waals surface area contributed by atoms with Crippen LogP contribution in [0.2, 0.25) is 0 Å². The normalized spacial score (nSPS) is 16.4. The monoisotopic (exact) mass is 242 g/mol. The van der Waals surface area contributed by atoms with E-state index in [0.717, 1.165) is 32.2 Å². The summed E-state index contributed by atoms with van der Waals surface area (Å²) in [6, 6.07) is 0. The van der Waals surface area contributed by atoms with Gasteiger partial charge in [0.2, 0.25) is 16.0 Å². The van der Waals surface area contributed by atoms with Crippen molar-refractivity contribution in [3.63, 3.8) is 0 Å². The molecule has 0 radical (unpaired) electrons. The molecule has 0 unspecified atom stereocenters. The molecule has 0 amide bonds. The van der Waals surface area contributed by atoms with Crippen molar-refractivity contribution >= 4 is 21.7 Å². The first-order valence-corrected chi connectivity index (χ1v) is 6.98. The van der Waals surface area contributed by atoms with Gasteiger partial charge in [0, 0.05) is 13.1 Å². The van der Waals surface area contributed by atoms with E-state index < -0.39 is 10.0 Å². The molecule has 1 saturated heterocycles. The predicted octanol–water partition coefficient (Wildman–Crippen LogP) is 0.448. The molecule has 7 heteroatoms. The number of nitrogens with zero attached hydrogens (tertiary/aromatic N) is 3. The molecule has 6 nitrogen and oxygen atoms in total. The van der Waals surface area contributed by atoms with Crippen molar-refractivity contribution in [2.45, 2.75) is 12.8 Å². The molecule has 1 aromatic rings. The van der Waals surface area contributed by atoms with Gasteiger partial charge in [-0.3, -0.25) is 4.72 Å². The summed E-state index contributed by atoms with van der Waals surface area (Å²) in [7, 11) is -3.25. The average molecular weight is 242 g/mol. The molecule has 1 N–H and O–H groups in total. The zero-order valence-electron chi connectivity index (χ0n) is 9.05. The first kappa shape index (κ1) is 11.1. The molecule has 2 rings (SSSR count). The first-order chi connectivity index (χ1) is 7.54. The van der Waals surface area contributed by atoms with Crippen LogP contribution < -0.4 is 9.62 Å². The summed E-state index contributed by atoms with van der Waals surface area (Å²) < 4.78 is 24.3. The summed E-state index contributed by atoms with van der Waals surface area (Å²) in [5.74, 6) is 0.663. The van der Waals surface area contributed by atoms with Crippen molar-refractivity contribution in [3.8, 4) is 0 Å². The molecule has 2 heterocycles. The Morgan fingerprint density at radius 1 is 1.25 bits per heavy atom. The third kappa shape index (κ3) is 2.82. The van der Waals surface area contributed by atoms with Crippen LogP contribution in [0, 0.1) is 0 Å². The van der Waals surface area contributed by atoms with Crippen molar-refractivity contribution in [2.75, 3.05) is 29.0 Å². The quantitative estimate of drug-likeness (QED) is 0.832. The summed E-state index contributed by atoms with van der Waals surface area (Å²) in [6.45, 7) is 1.94. The molecule has 88 valence electrons. The van der Waals surface area contributed by atoms with Crippen molar-refractivity contribution in [1.29, 1.82) is 0 Å². The fourth-order valence-corrected chi connectivity index (χ4v) is 2.20. The van der Waals surface area contributed by atoms with Crippen LogP contribution in [0.1, 0.15) is 12.8 Å². The number of hydrogen-bond acceptors (Lipinski definition) is 5. The molecule has 0 atom stereocenters. The molecule has 0 aliphatic carbocycles. The number of hydrogen-bond donors (Lipinski definition) is 1. The molecular formula is C9H14N4O2S. The minimum Gasteiger partial charge on any atom is -0.341 e. The molecular weight excluding hydrogens is 228 g/mol. The standard InChI is InChI=1S/C9H14N4O2S/c1-16(14,15)12-8-6-10-9(11-7-8)13-4-2-3-5-13/h6-7,12H,2-5H2,1H3. The van der Waals surface area contributed by atoms with E-state index in [1.807, 2.05) is 0 Å². The highest BCUT2D eigenvalue weighted by molar-refractivity contribution is 7.92. The smallest absolute Gasteiger partial charge is 0.229 e. The number of aromatic nitrogens is 2. The van der Waals surface area contributed by atoms with Gasteiger partial charge in [-0.15, -0.1) is 0 Å². The van der Waals surface area contributed by atoms with Gasteiger partial charge in [-0.25, -0.2) is 18.4 Å². The van der Waals surface area contributed by atoms with E-state index in [4.69, 9.17) is 0 Å². The topological polar surface area (TPSA) is 75.2 Å². The van der Waals surface area contributed by atoms with Crippen molar-refractivity contribution < 1.29 is 8.42 Å². The summed E-state index contributed by atoms with van der Waals surface area (Å²) in [6.07, 6.45) is 6.39. The first-order valence-electron chi connectivity index (χ1n) is 5.09. The molecule has 0 spiro atoms. The van der Waals surface area contributed by atoms with Gasteiger partial charge in [0.25, 0.3) is 0 Å². The second kappa shape index (κ2) is 4.25. The molecule has 0 saturated carbocycles. The van der Waals surface area contributed by atoms with Gasteiger partial charge in [-0.1, -0.05) is 0 Å². The fourth-order valence-electron chi connectivity index (χ4n) is 1.67. The lowest BCUT2D eigenvalue weighted by molar-refractivity contribution is 0.606. The van der Waals surface area contributed by atoms with E-state index in [9.17, 15) is 8.42 Å². The van der Waals surface area contributed by atoms with Crippen LogP contribution in [0.5, 0.6) is 0 Å². The van der Waals surface area contributed by atoms with Gasteiger partial charge in [0.05, 0.1) is 24.3 Å². The van der Waals surface area contributed by atoms with E-state index in [-0.39, 0.29) is 0 Å². The van der Waals surface area contributed by atoms with Crippen molar-refractivity contribution in [1.82, 2.24) is 9.97 Å². The maximum Gasteiger partial charge on any atom is 0.229 e. The molecule has 1 aliphatic rings. The minimum atomic E-state index is -3.25. The van der Waals surface area contributed by atoms with Gasteiger partial charge in [0.15, 0.2) is 0 Å². The van der Waals surface area contributed by atoms with Gasteiger partial charge >= 0.3 is 0 Å². The Morgan fingerprint density at radius 3 is 2.31 bits per heavy atom. The molecule has 0 aromatic carbocycles. The summed E-state index contributed by atoms with van der Waals surface area (Å²) >= 11 is 0. The van der Waals surface area contributed by atoms with E-state index in [1.165, 1.54) is 12.4 Å². The molecule has 1 aromatic heterocycles. The molecule has 1 fully saturated rings. The van der Waals surface area contributed by atoms with Gasteiger partial charge in [-0.2, -0.15) is 0 Å². The SMILES string of the molecule is CS(=O)(=O)Nc1cnc(N2CCCC2)nc1. The lowest BCUT2D eigenvalue weighted by Gasteiger charge is -2.14. The van der Waals surface area contributed by atoms with Crippen LogP contribution in [-0.2, 0) is 10.0 Å². The summed E-state index contributed by atoms with van der Waals surface area (Å²) in [4.78, 5) is 10.4. The van der Waals surface area contributed by atoms with E-state index >= 15 is 0 Å². The lowest BCUT2D eigenvalue weighted by atomic mass is 10.4. The zero-order chi connectivity index (χ0) is 11.6. The molecule has 1 aliphatic heterocycles. The van der Waals surface area contributed by atoms with Crippen LogP contribution in [0.15, 0.2) is 12.4 Å². The highest BCUT2D eigenvalue weighted by Gasteiger charge is 2.14. The van der Waals surface area contributed by atoms with E-state index in [0.29, 0.717) is 11.6 Å². The maximum atomic E-state index is 11.0.